The van der Waals surface area contributed by atoms with Crippen LogP contribution in [0.25, 0.3) is 10.4 Å². The smallest absolute Gasteiger partial charge is 0.345 e. The molecule has 1 aromatic heterocycles. The zero-order chi connectivity index (χ0) is 11.7. The first-order valence-electron chi connectivity index (χ1n) is 4.68. The van der Waals surface area contributed by atoms with Crippen LogP contribution in [0.3, 0.4) is 0 Å². The number of thiophene rings is 1. The van der Waals surface area contributed by atoms with Crippen molar-refractivity contribution in [3.05, 3.63) is 46.6 Å². The number of carboxylic acids is 1. The van der Waals surface area contributed by atoms with Gasteiger partial charge in [-0.1, -0.05) is 12.1 Å². The summed E-state index contributed by atoms with van der Waals surface area (Å²) in [4.78, 5) is 11.6. The van der Waals surface area contributed by atoms with Crippen molar-refractivity contribution >= 4 is 17.3 Å². The van der Waals surface area contributed by atoms with E-state index >= 15 is 0 Å². The lowest BCUT2D eigenvalue weighted by Crippen LogP contribution is -1.89. The van der Waals surface area contributed by atoms with Crippen molar-refractivity contribution in [1.29, 1.82) is 0 Å². The predicted octanol–water partition coefficient (Wildman–Crippen LogP) is 3.56. The number of hydrogen-bond donors (Lipinski definition) is 1. The standard InChI is InChI=1S/C12H9FO2S/c1-7-3-2-4-8(13)11(7)9-5-6-10(16-9)12(14)15/h2-6H,1H3,(H,14,15). The molecule has 0 amide bonds. The molecule has 1 N–H and O–H groups in total. The van der Waals surface area contributed by atoms with Crippen LogP contribution in [0.2, 0.25) is 0 Å². The van der Waals surface area contributed by atoms with Gasteiger partial charge in [0.15, 0.2) is 0 Å². The fourth-order valence-corrected chi connectivity index (χ4v) is 2.49. The van der Waals surface area contributed by atoms with E-state index in [1.165, 1.54) is 12.1 Å². The van der Waals surface area contributed by atoms with Crippen LogP contribution in [-0.4, -0.2) is 11.1 Å². The minimum Gasteiger partial charge on any atom is -0.477 e. The van der Waals surface area contributed by atoms with Gasteiger partial charge in [-0.2, -0.15) is 0 Å². The molecule has 0 aliphatic rings. The lowest BCUT2D eigenvalue weighted by Gasteiger charge is -2.03. The Morgan fingerprint density at radius 2 is 2.06 bits per heavy atom. The van der Waals surface area contributed by atoms with Crippen molar-refractivity contribution in [3.63, 3.8) is 0 Å². The monoisotopic (exact) mass is 236 g/mol. The Morgan fingerprint density at radius 3 is 2.62 bits per heavy atom. The Morgan fingerprint density at radius 1 is 1.31 bits per heavy atom. The molecule has 0 radical (unpaired) electrons. The van der Waals surface area contributed by atoms with Gasteiger partial charge < -0.3 is 5.11 Å². The number of aryl methyl sites for hydroxylation is 1. The van der Waals surface area contributed by atoms with Crippen LogP contribution in [0.4, 0.5) is 4.39 Å². The highest BCUT2D eigenvalue weighted by Crippen LogP contribution is 2.32. The number of hydrogen-bond acceptors (Lipinski definition) is 2. The second-order valence-electron chi connectivity index (χ2n) is 3.40. The number of aromatic carboxylic acids is 1. The summed E-state index contributed by atoms with van der Waals surface area (Å²) in [7, 11) is 0. The third kappa shape index (κ3) is 1.84. The zero-order valence-electron chi connectivity index (χ0n) is 8.53. The van der Waals surface area contributed by atoms with Crippen LogP contribution in [0.5, 0.6) is 0 Å². The molecule has 0 saturated carbocycles. The molecule has 0 bridgehead atoms. The molecule has 0 aliphatic heterocycles. The quantitative estimate of drug-likeness (QED) is 0.865. The molecule has 0 spiro atoms. The van der Waals surface area contributed by atoms with Gasteiger partial charge >= 0.3 is 5.97 Å². The van der Waals surface area contributed by atoms with E-state index in [9.17, 15) is 9.18 Å². The highest BCUT2D eigenvalue weighted by molar-refractivity contribution is 7.17. The fraction of sp³-hybridized carbons (Fsp3) is 0.0833. The Balaban J connectivity index is 2.54. The van der Waals surface area contributed by atoms with Crippen LogP contribution in [0.15, 0.2) is 30.3 Å². The summed E-state index contributed by atoms with van der Waals surface area (Å²) in [5.41, 5.74) is 1.29. The van der Waals surface area contributed by atoms with Crippen LogP contribution >= 0.6 is 11.3 Å². The Bertz CT molecular complexity index is 525. The second-order valence-corrected chi connectivity index (χ2v) is 4.48. The molecule has 16 heavy (non-hydrogen) atoms. The molecule has 0 unspecified atom stereocenters. The van der Waals surface area contributed by atoms with Crippen LogP contribution in [-0.2, 0) is 0 Å². The summed E-state index contributed by atoms with van der Waals surface area (Å²) in [6.07, 6.45) is 0. The first kappa shape index (κ1) is 10.8. The average molecular weight is 236 g/mol. The minimum atomic E-state index is -0.981. The number of carbonyl (C=O) groups is 1. The van der Waals surface area contributed by atoms with E-state index in [0.717, 1.165) is 16.9 Å². The van der Waals surface area contributed by atoms with Gasteiger partial charge in [0.25, 0.3) is 0 Å². The lowest BCUT2D eigenvalue weighted by molar-refractivity contribution is 0.0702. The summed E-state index contributed by atoms with van der Waals surface area (Å²) < 4.78 is 13.6. The topological polar surface area (TPSA) is 37.3 Å². The van der Waals surface area contributed by atoms with Crippen molar-refractivity contribution in [1.82, 2.24) is 0 Å². The molecule has 2 nitrogen and oxygen atoms in total. The zero-order valence-corrected chi connectivity index (χ0v) is 9.34. The first-order chi connectivity index (χ1) is 7.59. The van der Waals surface area contributed by atoms with Crippen molar-refractivity contribution in [2.24, 2.45) is 0 Å². The van der Waals surface area contributed by atoms with E-state index in [1.54, 1.807) is 25.1 Å². The first-order valence-corrected chi connectivity index (χ1v) is 5.50. The minimum absolute atomic E-state index is 0.220. The van der Waals surface area contributed by atoms with E-state index < -0.39 is 5.97 Å². The average Bonchev–Trinajstić information content (AvgIpc) is 2.66. The normalized spacial score (nSPS) is 10.4. The third-order valence-electron chi connectivity index (χ3n) is 2.29. The van der Waals surface area contributed by atoms with Gasteiger partial charge in [0.05, 0.1) is 0 Å². The Kier molecular flexibility index (Phi) is 2.75. The summed E-state index contributed by atoms with van der Waals surface area (Å²) in [5, 5.41) is 8.80. The van der Waals surface area contributed by atoms with E-state index in [2.05, 4.69) is 0 Å². The molecule has 1 aromatic carbocycles. The number of benzene rings is 1. The van der Waals surface area contributed by atoms with E-state index in [1.807, 2.05) is 0 Å². The summed E-state index contributed by atoms with van der Waals surface area (Å²) >= 11 is 1.08. The Labute approximate surface area is 96.0 Å². The van der Waals surface area contributed by atoms with Crippen molar-refractivity contribution in [3.8, 4) is 10.4 Å². The number of rotatable bonds is 2. The van der Waals surface area contributed by atoms with Crippen molar-refractivity contribution in [2.45, 2.75) is 6.92 Å². The van der Waals surface area contributed by atoms with Gasteiger partial charge in [-0.05, 0) is 30.7 Å². The summed E-state index contributed by atoms with van der Waals surface area (Å²) in [6.45, 7) is 1.80. The van der Waals surface area contributed by atoms with Crippen molar-refractivity contribution in [2.75, 3.05) is 0 Å². The van der Waals surface area contributed by atoms with E-state index in [0.29, 0.717) is 10.4 Å². The molecule has 4 heteroatoms. The van der Waals surface area contributed by atoms with Gasteiger partial charge in [0, 0.05) is 10.4 Å². The van der Waals surface area contributed by atoms with Crippen LogP contribution in [0.1, 0.15) is 15.2 Å². The molecule has 2 aromatic rings. The van der Waals surface area contributed by atoms with Gasteiger partial charge in [0.2, 0.25) is 0 Å². The molecule has 1 heterocycles. The van der Waals surface area contributed by atoms with Gasteiger partial charge in [-0.25, -0.2) is 9.18 Å². The number of halogens is 1. The lowest BCUT2D eigenvalue weighted by atomic mass is 10.1. The second kappa shape index (κ2) is 4.06. The summed E-state index contributed by atoms with van der Waals surface area (Å²) in [5.74, 6) is -1.30. The molecular weight excluding hydrogens is 227 g/mol. The van der Waals surface area contributed by atoms with Gasteiger partial charge in [0.1, 0.15) is 10.7 Å². The molecule has 0 aliphatic carbocycles. The number of carboxylic acid groups (broad SMARTS) is 1. The molecule has 0 atom stereocenters. The maximum absolute atomic E-state index is 13.6. The third-order valence-corrected chi connectivity index (χ3v) is 3.38. The molecule has 0 saturated heterocycles. The van der Waals surface area contributed by atoms with Gasteiger partial charge in [-0.15, -0.1) is 11.3 Å². The molecule has 82 valence electrons. The highest BCUT2D eigenvalue weighted by Gasteiger charge is 2.13. The molecule has 2 rings (SSSR count). The van der Waals surface area contributed by atoms with Gasteiger partial charge in [-0.3, -0.25) is 0 Å². The van der Waals surface area contributed by atoms with Crippen molar-refractivity contribution < 1.29 is 14.3 Å². The molecular formula is C12H9FO2S. The Hall–Kier alpha value is -1.68. The maximum atomic E-state index is 13.6. The highest BCUT2D eigenvalue weighted by atomic mass is 32.1. The molecule has 0 fully saturated rings. The SMILES string of the molecule is Cc1cccc(F)c1-c1ccc(C(=O)O)s1. The predicted molar refractivity (Wildman–Crippen MR) is 61.4 cm³/mol. The largest absolute Gasteiger partial charge is 0.477 e. The van der Waals surface area contributed by atoms with E-state index in [-0.39, 0.29) is 10.7 Å². The summed E-state index contributed by atoms with van der Waals surface area (Å²) in [6, 6.07) is 7.95. The van der Waals surface area contributed by atoms with Crippen LogP contribution < -0.4 is 0 Å². The maximum Gasteiger partial charge on any atom is 0.345 e. The fourth-order valence-electron chi connectivity index (χ4n) is 1.53. The van der Waals surface area contributed by atoms with Crippen LogP contribution in [0, 0.1) is 12.7 Å². The van der Waals surface area contributed by atoms with E-state index in [4.69, 9.17) is 5.11 Å².